The van der Waals surface area contributed by atoms with Gasteiger partial charge in [0.1, 0.15) is 0 Å². The number of hydrogen-bond donors (Lipinski definition) is 0. The number of hydrogen-bond acceptors (Lipinski definition) is 2. The monoisotopic (exact) mass is 336 g/mol. The van der Waals surface area contributed by atoms with Gasteiger partial charge in [0, 0.05) is 4.47 Å². The molecule has 0 aliphatic heterocycles. The highest BCUT2D eigenvalue weighted by atomic mass is 79.9. The van der Waals surface area contributed by atoms with Gasteiger partial charge in [-0.2, -0.15) is 0 Å². The summed E-state index contributed by atoms with van der Waals surface area (Å²) in [4.78, 5) is 0.636. The van der Waals surface area contributed by atoms with E-state index in [0.29, 0.717) is 15.4 Å². The second-order valence-electron chi connectivity index (χ2n) is 3.98. The van der Waals surface area contributed by atoms with E-state index >= 15 is 0 Å². The Morgan fingerprint density at radius 3 is 2.11 bits per heavy atom. The van der Waals surface area contributed by atoms with Gasteiger partial charge in [-0.05, 0) is 36.8 Å². The molecule has 0 aliphatic rings. The van der Waals surface area contributed by atoms with Crippen molar-refractivity contribution >= 4 is 30.7 Å². The van der Waals surface area contributed by atoms with Crippen molar-refractivity contribution in [2.45, 2.75) is 11.8 Å². The lowest BCUT2D eigenvalue weighted by molar-refractivity contribution is 0.606. The summed E-state index contributed by atoms with van der Waals surface area (Å²) in [5.41, 5.74) is 0.689. The number of sulfone groups is 1. The first-order chi connectivity index (χ1) is 9.05. The molecule has 0 spiro atoms. The van der Waals surface area contributed by atoms with E-state index in [1.54, 1.807) is 55.5 Å². The molecule has 0 atom stereocenters. The highest BCUT2D eigenvalue weighted by Crippen LogP contribution is 2.28. The number of benzene rings is 2. The van der Waals surface area contributed by atoms with Crippen molar-refractivity contribution < 1.29 is 8.42 Å². The number of rotatable bonds is 3. The molecule has 98 valence electrons. The van der Waals surface area contributed by atoms with Gasteiger partial charge in [0.05, 0.1) is 9.80 Å². The van der Waals surface area contributed by atoms with Crippen molar-refractivity contribution in [1.82, 2.24) is 0 Å². The van der Waals surface area contributed by atoms with Gasteiger partial charge in [-0.3, -0.25) is 0 Å². The van der Waals surface area contributed by atoms with Crippen molar-refractivity contribution in [3.05, 3.63) is 70.7 Å². The summed E-state index contributed by atoms with van der Waals surface area (Å²) >= 11 is 3.34. The molecule has 0 bridgehead atoms. The molecule has 0 aromatic heterocycles. The van der Waals surface area contributed by atoms with E-state index in [1.807, 2.05) is 12.1 Å². The summed E-state index contributed by atoms with van der Waals surface area (Å²) in [5.74, 6) is 0. The molecule has 0 aliphatic carbocycles. The third-order valence-electron chi connectivity index (χ3n) is 2.73. The molecule has 2 aromatic rings. The molecule has 19 heavy (non-hydrogen) atoms. The van der Waals surface area contributed by atoms with Crippen LogP contribution in [-0.2, 0) is 9.84 Å². The predicted molar refractivity (Wildman–Crippen MR) is 81.4 cm³/mol. The van der Waals surface area contributed by atoms with Crippen molar-refractivity contribution in [3.63, 3.8) is 0 Å². The minimum absolute atomic E-state index is 0.311. The lowest BCUT2D eigenvalue weighted by Gasteiger charge is -2.09. The van der Waals surface area contributed by atoms with Crippen LogP contribution in [0.15, 0.2) is 70.0 Å². The predicted octanol–water partition coefficient (Wildman–Crippen LogP) is 4.28. The molecule has 2 rings (SSSR count). The second-order valence-corrected chi connectivity index (χ2v) is 6.81. The first kappa shape index (κ1) is 14.0. The molecular formula is C15H13BrO2S. The molecule has 0 saturated heterocycles. The molecule has 2 nitrogen and oxygen atoms in total. The second kappa shape index (κ2) is 5.72. The minimum atomic E-state index is -3.47. The number of allylic oxidation sites excluding steroid dienone is 1. The molecule has 0 fully saturated rings. The largest absolute Gasteiger partial charge is 0.219 e. The van der Waals surface area contributed by atoms with Gasteiger partial charge < -0.3 is 0 Å². The summed E-state index contributed by atoms with van der Waals surface area (Å²) in [7, 11) is -3.47. The Kier molecular flexibility index (Phi) is 4.22. The Hall–Kier alpha value is -1.39. The highest BCUT2D eigenvalue weighted by molar-refractivity contribution is 9.10. The van der Waals surface area contributed by atoms with Crippen LogP contribution in [0.3, 0.4) is 0 Å². The summed E-state index contributed by atoms with van der Waals surface area (Å²) in [6.07, 6.45) is 1.63. The SMILES string of the molecule is C/C=C(\c1ccc(Br)cc1)S(=O)(=O)c1ccccc1. The van der Waals surface area contributed by atoms with E-state index in [-0.39, 0.29) is 0 Å². The van der Waals surface area contributed by atoms with Gasteiger partial charge in [0.2, 0.25) is 9.84 Å². The molecular weight excluding hydrogens is 324 g/mol. The van der Waals surface area contributed by atoms with Gasteiger partial charge in [0.15, 0.2) is 0 Å². The summed E-state index contributed by atoms with van der Waals surface area (Å²) in [5, 5.41) is 0. The fourth-order valence-electron chi connectivity index (χ4n) is 1.82. The Labute approximate surface area is 121 Å². The molecule has 4 heteroatoms. The summed E-state index contributed by atoms with van der Waals surface area (Å²) in [6, 6.07) is 15.7. The van der Waals surface area contributed by atoms with Crippen molar-refractivity contribution in [3.8, 4) is 0 Å². The fourth-order valence-corrected chi connectivity index (χ4v) is 3.61. The van der Waals surface area contributed by atoms with Gasteiger partial charge in [0.25, 0.3) is 0 Å². The zero-order chi connectivity index (χ0) is 13.9. The summed E-state index contributed by atoms with van der Waals surface area (Å²) in [6.45, 7) is 1.73. The van der Waals surface area contributed by atoms with E-state index in [4.69, 9.17) is 0 Å². The summed E-state index contributed by atoms with van der Waals surface area (Å²) < 4.78 is 26.1. The van der Waals surface area contributed by atoms with Crippen LogP contribution in [0.1, 0.15) is 12.5 Å². The Bertz CT molecular complexity index is 687. The van der Waals surface area contributed by atoms with E-state index < -0.39 is 9.84 Å². The lowest BCUT2D eigenvalue weighted by Crippen LogP contribution is -2.03. The van der Waals surface area contributed by atoms with Gasteiger partial charge >= 0.3 is 0 Å². The molecule has 0 amide bonds. The van der Waals surface area contributed by atoms with E-state index in [1.165, 1.54) is 0 Å². The van der Waals surface area contributed by atoms with E-state index in [2.05, 4.69) is 15.9 Å². The quantitative estimate of drug-likeness (QED) is 0.838. The molecule has 0 heterocycles. The average molecular weight is 337 g/mol. The first-order valence-electron chi connectivity index (χ1n) is 5.78. The van der Waals surface area contributed by atoms with Crippen molar-refractivity contribution in [1.29, 1.82) is 0 Å². The normalized spacial score (nSPS) is 12.4. The van der Waals surface area contributed by atoms with Crippen LogP contribution in [0.25, 0.3) is 4.91 Å². The molecule has 0 N–H and O–H groups in total. The average Bonchev–Trinajstić information content (AvgIpc) is 2.42. The van der Waals surface area contributed by atoms with E-state index in [0.717, 1.165) is 4.47 Å². The third kappa shape index (κ3) is 2.96. The third-order valence-corrected chi connectivity index (χ3v) is 5.21. The van der Waals surface area contributed by atoms with Crippen LogP contribution in [0.5, 0.6) is 0 Å². The minimum Gasteiger partial charge on any atom is -0.219 e. The Morgan fingerprint density at radius 1 is 1.00 bits per heavy atom. The fraction of sp³-hybridized carbons (Fsp3) is 0.0667. The topological polar surface area (TPSA) is 34.1 Å². The van der Waals surface area contributed by atoms with Crippen LogP contribution in [0, 0.1) is 0 Å². The zero-order valence-corrected chi connectivity index (χ0v) is 12.8. The maximum absolute atomic E-state index is 12.6. The Balaban J connectivity index is 2.52. The van der Waals surface area contributed by atoms with Crippen LogP contribution < -0.4 is 0 Å². The maximum Gasteiger partial charge on any atom is 0.206 e. The Morgan fingerprint density at radius 2 is 1.58 bits per heavy atom. The standard InChI is InChI=1S/C15H13BrO2S/c1-2-15(12-8-10-13(16)11-9-12)19(17,18)14-6-4-3-5-7-14/h2-11H,1H3/b15-2+. The van der Waals surface area contributed by atoms with Crippen LogP contribution in [0.2, 0.25) is 0 Å². The van der Waals surface area contributed by atoms with Gasteiger partial charge in [-0.15, -0.1) is 0 Å². The highest BCUT2D eigenvalue weighted by Gasteiger charge is 2.20. The van der Waals surface area contributed by atoms with Crippen molar-refractivity contribution in [2.75, 3.05) is 0 Å². The van der Waals surface area contributed by atoms with Crippen LogP contribution in [0.4, 0.5) is 0 Å². The smallest absolute Gasteiger partial charge is 0.206 e. The van der Waals surface area contributed by atoms with Gasteiger partial charge in [-0.1, -0.05) is 52.3 Å². The van der Waals surface area contributed by atoms with Gasteiger partial charge in [-0.25, -0.2) is 8.42 Å². The van der Waals surface area contributed by atoms with E-state index in [9.17, 15) is 8.42 Å². The maximum atomic E-state index is 12.6. The zero-order valence-electron chi connectivity index (χ0n) is 10.4. The number of halogens is 1. The van der Waals surface area contributed by atoms with Crippen molar-refractivity contribution in [2.24, 2.45) is 0 Å². The molecule has 0 radical (unpaired) electrons. The molecule has 0 unspecified atom stereocenters. The van der Waals surface area contributed by atoms with Crippen LogP contribution >= 0.6 is 15.9 Å². The van der Waals surface area contributed by atoms with Crippen LogP contribution in [-0.4, -0.2) is 8.42 Å². The first-order valence-corrected chi connectivity index (χ1v) is 8.05. The molecule has 2 aromatic carbocycles. The molecule has 0 saturated carbocycles. The lowest BCUT2D eigenvalue weighted by atomic mass is 10.2.